The minimum atomic E-state index is -0.170. The number of hydrogen-bond donors (Lipinski definition) is 2. The summed E-state index contributed by atoms with van der Waals surface area (Å²) in [5.41, 5.74) is 5.92. The number of rotatable bonds is 4. The molecule has 0 amide bonds. The van der Waals surface area contributed by atoms with Crippen molar-refractivity contribution in [1.29, 1.82) is 0 Å². The SMILES string of the molecule is Oc1cc(O)c(-c2onc3c2CN(Cc2ccc(-c4ccccc4)cc2)CC3)cc1Cl. The van der Waals surface area contributed by atoms with Gasteiger partial charge < -0.3 is 14.7 Å². The van der Waals surface area contributed by atoms with E-state index in [4.69, 9.17) is 16.1 Å². The van der Waals surface area contributed by atoms with E-state index in [9.17, 15) is 10.2 Å². The molecule has 0 saturated heterocycles. The molecule has 0 spiro atoms. The zero-order chi connectivity index (χ0) is 21.4. The van der Waals surface area contributed by atoms with Gasteiger partial charge in [0.25, 0.3) is 0 Å². The van der Waals surface area contributed by atoms with E-state index in [0.29, 0.717) is 17.9 Å². The van der Waals surface area contributed by atoms with Crippen LogP contribution in [0.15, 0.2) is 71.3 Å². The number of fused-ring (bicyclic) bond motifs is 1. The van der Waals surface area contributed by atoms with Gasteiger partial charge in [0, 0.05) is 37.7 Å². The molecule has 5 rings (SSSR count). The first kappa shape index (κ1) is 19.7. The number of nitrogens with zero attached hydrogens (tertiary/aromatic N) is 2. The summed E-state index contributed by atoms with van der Waals surface area (Å²) in [5, 5.41) is 24.4. The van der Waals surface area contributed by atoms with Gasteiger partial charge in [-0.25, -0.2) is 0 Å². The van der Waals surface area contributed by atoms with E-state index < -0.39 is 0 Å². The van der Waals surface area contributed by atoms with E-state index in [1.54, 1.807) is 0 Å². The lowest BCUT2D eigenvalue weighted by Crippen LogP contribution is -2.30. The van der Waals surface area contributed by atoms with Gasteiger partial charge in [-0.15, -0.1) is 0 Å². The van der Waals surface area contributed by atoms with E-state index >= 15 is 0 Å². The van der Waals surface area contributed by atoms with Crippen molar-refractivity contribution in [3.05, 3.63) is 88.6 Å². The van der Waals surface area contributed by atoms with Gasteiger partial charge >= 0.3 is 0 Å². The van der Waals surface area contributed by atoms with Crippen molar-refractivity contribution < 1.29 is 14.7 Å². The summed E-state index contributed by atoms with van der Waals surface area (Å²) in [6, 6.07) is 21.7. The zero-order valence-electron chi connectivity index (χ0n) is 16.8. The smallest absolute Gasteiger partial charge is 0.175 e. The molecule has 6 heteroatoms. The Labute approximate surface area is 185 Å². The number of aromatic hydroxyl groups is 2. The van der Waals surface area contributed by atoms with Crippen LogP contribution in [0.3, 0.4) is 0 Å². The summed E-state index contributed by atoms with van der Waals surface area (Å²) in [6.07, 6.45) is 0.771. The standard InChI is InChI=1S/C25H21ClN2O3/c26-21-12-19(23(29)13-24(21)30)25-20-15-28(11-10-22(20)27-31-25)14-16-6-8-18(9-7-16)17-4-2-1-3-5-17/h1-9,12-13,29-30H,10-11,14-15H2. The summed E-state index contributed by atoms with van der Waals surface area (Å²) >= 11 is 6.05. The van der Waals surface area contributed by atoms with Gasteiger partial charge in [0.05, 0.1) is 16.3 Å². The molecule has 0 atom stereocenters. The predicted molar refractivity (Wildman–Crippen MR) is 120 cm³/mol. The Morgan fingerprint density at radius 1 is 0.935 bits per heavy atom. The summed E-state index contributed by atoms with van der Waals surface area (Å²) in [4.78, 5) is 2.33. The number of phenolic OH excluding ortho intramolecular Hbond substituents is 2. The molecule has 1 aliphatic rings. The topological polar surface area (TPSA) is 69.7 Å². The van der Waals surface area contributed by atoms with Crippen LogP contribution in [-0.2, 0) is 19.5 Å². The van der Waals surface area contributed by atoms with Gasteiger partial charge in [0.2, 0.25) is 0 Å². The van der Waals surface area contributed by atoms with E-state index in [0.717, 1.165) is 30.8 Å². The Kier molecular flexibility index (Phi) is 5.14. The zero-order valence-corrected chi connectivity index (χ0v) is 17.5. The number of halogens is 1. The van der Waals surface area contributed by atoms with Gasteiger partial charge in [-0.2, -0.15) is 0 Å². The normalized spacial score (nSPS) is 13.8. The second-order valence-corrected chi connectivity index (χ2v) is 8.19. The number of benzene rings is 3. The van der Waals surface area contributed by atoms with Crippen molar-refractivity contribution in [2.75, 3.05) is 6.54 Å². The molecule has 31 heavy (non-hydrogen) atoms. The summed E-state index contributed by atoms with van der Waals surface area (Å²) in [7, 11) is 0. The molecule has 156 valence electrons. The van der Waals surface area contributed by atoms with E-state index in [2.05, 4.69) is 46.5 Å². The van der Waals surface area contributed by atoms with Crippen LogP contribution in [0.25, 0.3) is 22.5 Å². The van der Waals surface area contributed by atoms with Gasteiger partial charge in [0.1, 0.15) is 11.5 Å². The van der Waals surface area contributed by atoms with Crippen molar-refractivity contribution in [1.82, 2.24) is 10.1 Å². The Bertz CT molecular complexity index is 1220. The van der Waals surface area contributed by atoms with Gasteiger partial charge in [-0.1, -0.05) is 71.4 Å². The molecular weight excluding hydrogens is 412 g/mol. The van der Waals surface area contributed by atoms with Crippen LogP contribution in [0, 0.1) is 0 Å². The molecule has 0 unspecified atom stereocenters. The largest absolute Gasteiger partial charge is 0.507 e. The first-order chi connectivity index (χ1) is 15.1. The van der Waals surface area contributed by atoms with Crippen LogP contribution in [0.4, 0.5) is 0 Å². The van der Waals surface area contributed by atoms with Crippen LogP contribution in [0.5, 0.6) is 11.5 Å². The minimum absolute atomic E-state index is 0.0884. The van der Waals surface area contributed by atoms with E-state index in [1.165, 1.54) is 28.8 Å². The van der Waals surface area contributed by atoms with Crippen LogP contribution in [-0.4, -0.2) is 26.8 Å². The van der Waals surface area contributed by atoms with Crippen LogP contribution >= 0.6 is 11.6 Å². The maximum absolute atomic E-state index is 10.3. The highest BCUT2D eigenvalue weighted by atomic mass is 35.5. The summed E-state index contributed by atoms with van der Waals surface area (Å²) < 4.78 is 5.57. The molecular formula is C25H21ClN2O3. The lowest BCUT2D eigenvalue weighted by atomic mass is 10.00. The molecule has 4 aromatic rings. The van der Waals surface area contributed by atoms with Crippen molar-refractivity contribution in [2.24, 2.45) is 0 Å². The van der Waals surface area contributed by atoms with Crippen LogP contribution in [0.1, 0.15) is 16.8 Å². The highest BCUT2D eigenvalue weighted by molar-refractivity contribution is 6.32. The van der Waals surface area contributed by atoms with Crippen LogP contribution in [0.2, 0.25) is 5.02 Å². The second-order valence-electron chi connectivity index (χ2n) is 7.78. The fourth-order valence-corrected chi connectivity index (χ4v) is 4.20. The molecule has 0 aliphatic carbocycles. The predicted octanol–water partition coefficient (Wildman–Crippen LogP) is 5.63. The highest BCUT2D eigenvalue weighted by Crippen LogP contribution is 2.40. The molecule has 0 fully saturated rings. The third kappa shape index (κ3) is 3.90. The number of hydrogen-bond acceptors (Lipinski definition) is 5. The molecule has 3 aromatic carbocycles. The van der Waals surface area contributed by atoms with Crippen molar-refractivity contribution in [2.45, 2.75) is 19.5 Å². The minimum Gasteiger partial charge on any atom is -0.507 e. The van der Waals surface area contributed by atoms with Gasteiger partial charge in [0.15, 0.2) is 5.76 Å². The molecule has 0 saturated carbocycles. The summed E-state index contributed by atoms with van der Waals surface area (Å²) in [5.74, 6) is 0.241. The van der Waals surface area contributed by atoms with Gasteiger partial charge in [-0.05, 0) is 22.8 Å². The maximum Gasteiger partial charge on any atom is 0.175 e. The Balaban J connectivity index is 1.36. The second kappa shape index (κ2) is 8.10. The fraction of sp³-hybridized carbons (Fsp3) is 0.160. The quantitative estimate of drug-likeness (QED) is 0.437. The third-order valence-electron chi connectivity index (χ3n) is 5.69. The highest BCUT2D eigenvalue weighted by Gasteiger charge is 2.26. The van der Waals surface area contributed by atoms with E-state index in [1.807, 2.05) is 18.2 Å². The molecule has 0 radical (unpaired) electrons. The lowest BCUT2D eigenvalue weighted by molar-refractivity contribution is 0.245. The molecule has 0 bridgehead atoms. The Morgan fingerprint density at radius 2 is 1.68 bits per heavy atom. The molecule has 1 aliphatic heterocycles. The van der Waals surface area contributed by atoms with Crippen molar-refractivity contribution in [3.63, 3.8) is 0 Å². The molecule has 1 aromatic heterocycles. The van der Waals surface area contributed by atoms with E-state index in [-0.39, 0.29) is 16.5 Å². The number of aromatic nitrogens is 1. The lowest BCUT2D eigenvalue weighted by Gasteiger charge is -2.26. The fourth-order valence-electron chi connectivity index (χ4n) is 4.04. The maximum atomic E-state index is 10.3. The molecule has 2 N–H and O–H groups in total. The van der Waals surface area contributed by atoms with Crippen LogP contribution < -0.4 is 0 Å². The number of phenols is 2. The van der Waals surface area contributed by atoms with Crippen molar-refractivity contribution >= 4 is 11.6 Å². The molecule has 5 nitrogen and oxygen atoms in total. The first-order valence-electron chi connectivity index (χ1n) is 10.1. The summed E-state index contributed by atoms with van der Waals surface area (Å²) in [6.45, 7) is 2.34. The third-order valence-corrected chi connectivity index (χ3v) is 6.00. The van der Waals surface area contributed by atoms with Crippen molar-refractivity contribution in [3.8, 4) is 33.9 Å². The van der Waals surface area contributed by atoms with Gasteiger partial charge in [-0.3, -0.25) is 4.90 Å². The average Bonchev–Trinajstić information content (AvgIpc) is 3.20. The first-order valence-corrected chi connectivity index (χ1v) is 10.5. The molecule has 2 heterocycles. The average molecular weight is 433 g/mol. The Morgan fingerprint density at radius 3 is 2.45 bits per heavy atom. The Hall–Kier alpha value is -3.28. The monoisotopic (exact) mass is 432 g/mol.